The van der Waals surface area contributed by atoms with E-state index in [2.05, 4.69) is 5.32 Å². The summed E-state index contributed by atoms with van der Waals surface area (Å²) in [6.07, 6.45) is -0.0470. The van der Waals surface area contributed by atoms with Crippen molar-refractivity contribution in [2.75, 3.05) is 18.5 Å². The number of ether oxygens (including phenoxy) is 1. The Balaban J connectivity index is 1.28. The minimum atomic E-state index is -1.22. The van der Waals surface area contributed by atoms with E-state index in [1.54, 1.807) is 24.3 Å². The molecule has 1 saturated heterocycles. The molecular formula is C29H24Cl2N2O4. The van der Waals surface area contributed by atoms with Crippen molar-refractivity contribution in [3.8, 4) is 5.75 Å². The number of benzene rings is 3. The van der Waals surface area contributed by atoms with Crippen LogP contribution in [0.1, 0.15) is 35.6 Å². The number of alkyl halides is 2. The number of anilines is 1. The summed E-state index contributed by atoms with van der Waals surface area (Å²) < 4.78 is 5.42. The van der Waals surface area contributed by atoms with Crippen molar-refractivity contribution >= 4 is 46.6 Å². The molecule has 1 heterocycles. The van der Waals surface area contributed by atoms with E-state index in [1.807, 2.05) is 55.5 Å². The zero-order chi connectivity index (χ0) is 25.9. The van der Waals surface area contributed by atoms with Gasteiger partial charge in [-0.3, -0.25) is 19.3 Å². The average molecular weight is 535 g/mol. The highest BCUT2D eigenvalue weighted by Crippen LogP contribution is 2.69. The van der Waals surface area contributed by atoms with Crippen molar-refractivity contribution in [1.29, 1.82) is 0 Å². The average Bonchev–Trinajstić information content (AvgIpc) is 3.17. The van der Waals surface area contributed by atoms with Crippen LogP contribution in [0.2, 0.25) is 0 Å². The van der Waals surface area contributed by atoms with Crippen LogP contribution in [0.4, 0.5) is 5.69 Å². The first kappa shape index (κ1) is 24.0. The Morgan fingerprint density at radius 3 is 1.73 bits per heavy atom. The number of amides is 3. The number of nitrogens with zero attached hydrogens (tertiary/aromatic N) is 1. The molecule has 2 bridgehead atoms. The first-order valence-electron chi connectivity index (χ1n) is 12.3. The summed E-state index contributed by atoms with van der Waals surface area (Å²) in [6, 6.07) is 22.0. The summed E-state index contributed by atoms with van der Waals surface area (Å²) in [6.45, 7) is 2.39. The number of nitrogens with one attached hydrogen (secondary N) is 1. The highest BCUT2D eigenvalue weighted by atomic mass is 35.5. The van der Waals surface area contributed by atoms with E-state index in [0.717, 1.165) is 22.3 Å². The van der Waals surface area contributed by atoms with Crippen LogP contribution < -0.4 is 10.1 Å². The second-order valence-corrected chi connectivity index (χ2v) is 10.7. The molecule has 3 aliphatic carbocycles. The van der Waals surface area contributed by atoms with Crippen LogP contribution in [0.5, 0.6) is 5.75 Å². The molecule has 3 aromatic rings. The first-order valence-corrected chi connectivity index (χ1v) is 13.0. The minimum Gasteiger partial charge on any atom is -0.494 e. The second-order valence-electron chi connectivity index (χ2n) is 9.55. The van der Waals surface area contributed by atoms with Gasteiger partial charge in [-0.05, 0) is 53.4 Å². The summed E-state index contributed by atoms with van der Waals surface area (Å²) in [5, 5.41) is 2.80. The summed E-state index contributed by atoms with van der Waals surface area (Å²) >= 11 is 14.8. The molecule has 0 spiro atoms. The number of imide groups is 1. The van der Waals surface area contributed by atoms with Gasteiger partial charge in [0.05, 0.1) is 18.4 Å². The van der Waals surface area contributed by atoms with Crippen LogP contribution in [0.25, 0.3) is 0 Å². The number of hydrogen-bond donors (Lipinski definition) is 1. The molecule has 2 atom stereocenters. The van der Waals surface area contributed by atoms with E-state index in [-0.39, 0.29) is 18.9 Å². The molecule has 0 saturated carbocycles. The van der Waals surface area contributed by atoms with Crippen molar-refractivity contribution in [2.24, 2.45) is 11.8 Å². The molecule has 4 aliphatic rings. The van der Waals surface area contributed by atoms with Gasteiger partial charge in [0.1, 0.15) is 15.5 Å². The van der Waals surface area contributed by atoms with E-state index in [9.17, 15) is 14.4 Å². The zero-order valence-corrected chi connectivity index (χ0v) is 21.6. The van der Waals surface area contributed by atoms with E-state index in [1.165, 1.54) is 4.90 Å². The third kappa shape index (κ3) is 3.28. The Bertz CT molecular complexity index is 1320. The maximum Gasteiger partial charge on any atom is 0.235 e. The molecule has 3 aromatic carbocycles. The van der Waals surface area contributed by atoms with Crippen LogP contribution in [0, 0.1) is 11.8 Å². The topological polar surface area (TPSA) is 75.7 Å². The quantitative estimate of drug-likeness (QED) is 0.356. The molecule has 7 rings (SSSR count). The lowest BCUT2D eigenvalue weighted by molar-refractivity contribution is -0.140. The number of halogens is 2. The van der Waals surface area contributed by atoms with Gasteiger partial charge in [0.15, 0.2) is 0 Å². The number of carbonyl (C=O) groups is 3. The Hall–Kier alpha value is -3.35. The standard InChI is InChI=1S/C29H24Cl2N2O4/c1-2-37-18-13-11-17(12-14-18)32-23(34)15-16-33-26(35)24-25(27(33)36)29(31)20-8-4-3-7-19(20)28(24,30)21-9-5-6-10-22(21)29/h3-14,24-25H,2,15-16H2,1H3,(H,32,34)/t24-,25+,28?,29?. The SMILES string of the molecule is CCOc1ccc(NC(=O)CCN2C(=O)[C@@H]3[C@H](C2=O)C2(Cl)c4ccccc4C3(Cl)c3ccccc32)cc1. The zero-order valence-electron chi connectivity index (χ0n) is 20.0. The normalized spacial score (nSPS) is 26.9. The Kier molecular flexibility index (Phi) is 5.58. The maximum absolute atomic E-state index is 13.8. The fourth-order valence-corrected chi connectivity index (χ4v) is 7.28. The highest BCUT2D eigenvalue weighted by molar-refractivity contribution is 6.36. The monoisotopic (exact) mass is 534 g/mol. The second kappa shape index (κ2) is 8.61. The van der Waals surface area contributed by atoms with E-state index >= 15 is 0 Å². The Labute approximate surface area is 224 Å². The number of rotatable bonds is 6. The summed E-state index contributed by atoms with van der Waals surface area (Å²) in [5.41, 5.74) is 3.61. The third-order valence-electron chi connectivity index (χ3n) is 7.69. The Morgan fingerprint density at radius 1 is 0.838 bits per heavy atom. The van der Waals surface area contributed by atoms with Crippen molar-refractivity contribution in [2.45, 2.75) is 23.1 Å². The largest absolute Gasteiger partial charge is 0.494 e. The third-order valence-corrected chi connectivity index (χ3v) is 8.97. The van der Waals surface area contributed by atoms with Crippen molar-refractivity contribution in [1.82, 2.24) is 4.90 Å². The predicted molar refractivity (Wildman–Crippen MR) is 141 cm³/mol. The predicted octanol–water partition coefficient (Wildman–Crippen LogP) is 5.01. The van der Waals surface area contributed by atoms with Gasteiger partial charge in [-0.25, -0.2) is 0 Å². The molecule has 0 unspecified atom stereocenters. The fraction of sp³-hybridized carbons (Fsp3) is 0.276. The van der Waals surface area contributed by atoms with Gasteiger partial charge in [0.2, 0.25) is 17.7 Å². The van der Waals surface area contributed by atoms with E-state index < -0.39 is 33.4 Å². The van der Waals surface area contributed by atoms with Crippen LogP contribution >= 0.6 is 23.2 Å². The summed E-state index contributed by atoms with van der Waals surface area (Å²) in [5.74, 6) is -2.12. The lowest BCUT2D eigenvalue weighted by atomic mass is 9.54. The van der Waals surface area contributed by atoms with Gasteiger partial charge in [0.25, 0.3) is 0 Å². The van der Waals surface area contributed by atoms with Gasteiger partial charge in [-0.1, -0.05) is 48.5 Å². The van der Waals surface area contributed by atoms with Crippen molar-refractivity contribution in [3.05, 3.63) is 95.1 Å². The van der Waals surface area contributed by atoms with Crippen molar-refractivity contribution < 1.29 is 19.1 Å². The first-order chi connectivity index (χ1) is 17.8. The van der Waals surface area contributed by atoms with Crippen LogP contribution in [0.15, 0.2) is 72.8 Å². The Morgan fingerprint density at radius 2 is 1.30 bits per heavy atom. The van der Waals surface area contributed by atoms with Gasteiger partial charge in [-0.15, -0.1) is 23.2 Å². The number of carbonyl (C=O) groups excluding carboxylic acids is 3. The van der Waals surface area contributed by atoms with Crippen LogP contribution in [-0.4, -0.2) is 35.8 Å². The number of likely N-dealkylation sites (tertiary alicyclic amines) is 1. The molecule has 6 nitrogen and oxygen atoms in total. The van der Waals surface area contributed by atoms with E-state index in [0.29, 0.717) is 18.0 Å². The molecule has 3 amide bonds. The van der Waals surface area contributed by atoms with Crippen molar-refractivity contribution in [3.63, 3.8) is 0 Å². The van der Waals surface area contributed by atoms with E-state index in [4.69, 9.17) is 27.9 Å². The number of hydrogen-bond acceptors (Lipinski definition) is 4. The lowest BCUT2D eigenvalue weighted by Gasteiger charge is -2.54. The molecule has 8 heteroatoms. The van der Waals surface area contributed by atoms with Gasteiger partial charge in [0, 0.05) is 18.7 Å². The smallest absolute Gasteiger partial charge is 0.235 e. The van der Waals surface area contributed by atoms with Gasteiger partial charge < -0.3 is 10.1 Å². The molecular weight excluding hydrogens is 511 g/mol. The molecule has 0 aromatic heterocycles. The molecule has 1 fully saturated rings. The fourth-order valence-electron chi connectivity index (χ4n) is 6.18. The van der Waals surface area contributed by atoms with Crippen LogP contribution in [-0.2, 0) is 24.1 Å². The molecule has 37 heavy (non-hydrogen) atoms. The summed E-state index contributed by atoms with van der Waals surface area (Å²) in [4.78, 5) is 39.0. The lowest BCUT2D eigenvalue weighted by Crippen LogP contribution is -2.57. The highest BCUT2D eigenvalue weighted by Gasteiger charge is 2.72. The van der Waals surface area contributed by atoms with Crippen LogP contribution in [0.3, 0.4) is 0 Å². The molecule has 1 N–H and O–H groups in total. The van der Waals surface area contributed by atoms with Gasteiger partial charge >= 0.3 is 0 Å². The molecule has 1 aliphatic heterocycles. The van der Waals surface area contributed by atoms with Gasteiger partial charge in [-0.2, -0.15) is 0 Å². The maximum atomic E-state index is 13.8. The minimum absolute atomic E-state index is 0.0470. The molecule has 188 valence electrons. The summed E-state index contributed by atoms with van der Waals surface area (Å²) in [7, 11) is 0. The molecule has 0 radical (unpaired) electrons.